The lowest BCUT2D eigenvalue weighted by molar-refractivity contribution is 0.101. The van der Waals surface area contributed by atoms with Crippen LogP contribution in [0.15, 0.2) is 58.6 Å². The molecule has 0 unspecified atom stereocenters. The highest BCUT2D eigenvalue weighted by Gasteiger charge is 2.14. The van der Waals surface area contributed by atoms with Gasteiger partial charge in [0.15, 0.2) is 5.76 Å². The van der Waals surface area contributed by atoms with Crippen LogP contribution in [-0.2, 0) is 0 Å². The van der Waals surface area contributed by atoms with E-state index >= 15 is 0 Å². The zero-order valence-corrected chi connectivity index (χ0v) is 9.94. The highest BCUT2D eigenvalue weighted by molar-refractivity contribution is 6.10. The summed E-state index contributed by atoms with van der Waals surface area (Å²) in [6.45, 7) is 3.73. The van der Waals surface area contributed by atoms with E-state index in [0.717, 1.165) is 11.0 Å². The standard InChI is InChI=1S/C15H14O2/c1-3-7-11(4-2)15(16)14-10-12-8-5-6-9-13(12)17-14/h3-10H,1-2H3/b7-3-,11-4+. The molecule has 1 aromatic carbocycles. The van der Waals surface area contributed by atoms with E-state index in [9.17, 15) is 4.79 Å². The first kappa shape index (κ1) is 11.4. The first-order valence-corrected chi connectivity index (χ1v) is 5.58. The lowest BCUT2D eigenvalue weighted by Crippen LogP contribution is -1.99. The van der Waals surface area contributed by atoms with Crippen molar-refractivity contribution in [1.82, 2.24) is 0 Å². The van der Waals surface area contributed by atoms with Crippen molar-refractivity contribution < 1.29 is 9.21 Å². The molecule has 0 aliphatic rings. The van der Waals surface area contributed by atoms with Gasteiger partial charge in [0.1, 0.15) is 5.58 Å². The predicted molar refractivity (Wildman–Crippen MR) is 69.1 cm³/mol. The molecule has 17 heavy (non-hydrogen) atoms. The van der Waals surface area contributed by atoms with Crippen LogP contribution in [0.25, 0.3) is 11.0 Å². The fraction of sp³-hybridized carbons (Fsp3) is 0.133. The maximum absolute atomic E-state index is 12.1. The number of hydrogen-bond acceptors (Lipinski definition) is 2. The summed E-state index contributed by atoms with van der Waals surface area (Å²) in [5, 5.41) is 0.951. The molecule has 0 bridgehead atoms. The first-order valence-electron chi connectivity index (χ1n) is 5.58. The molecule has 0 fully saturated rings. The molecule has 0 saturated heterocycles. The van der Waals surface area contributed by atoms with E-state index in [2.05, 4.69) is 0 Å². The number of fused-ring (bicyclic) bond motifs is 1. The lowest BCUT2D eigenvalue weighted by Gasteiger charge is -1.96. The number of Topliss-reactive ketones (excluding diaryl/α,β-unsaturated/α-hetero) is 1. The largest absolute Gasteiger partial charge is 0.453 e. The summed E-state index contributed by atoms with van der Waals surface area (Å²) in [5.41, 5.74) is 1.39. The summed E-state index contributed by atoms with van der Waals surface area (Å²) in [7, 11) is 0. The van der Waals surface area contributed by atoms with Crippen LogP contribution in [0.5, 0.6) is 0 Å². The Balaban J connectivity index is 2.43. The third-order valence-corrected chi connectivity index (χ3v) is 2.57. The Labute approximate surface area is 100 Å². The van der Waals surface area contributed by atoms with Crippen molar-refractivity contribution in [1.29, 1.82) is 0 Å². The van der Waals surface area contributed by atoms with Crippen molar-refractivity contribution in [3.63, 3.8) is 0 Å². The average Bonchev–Trinajstić information content (AvgIpc) is 2.78. The van der Waals surface area contributed by atoms with Gasteiger partial charge in [-0.2, -0.15) is 0 Å². The molecular formula is C15H14O2. The van der Waals surface area contributed by atoms with Crippen LogP contribution in [0.1, 0.15) is 24.4 Å². The van der Waals surface area contributed by atoms with Gasteiger partial charge in [-0.15, -0.1) is 0 Å². The van der Waals surface area contributed by atoms with Crippen molar-refractivity contribution in [3.05, 3.63) is 59.9 Å². The van der Waals surface area contributed by atoms with Crippen LogP contribution in [-0.4, -0.2) is 5.78 Å². The zero-order valence-electron chi connectivity index (χ0n) is 9.94. The molecule has 0 aliphatic carbocycles. The first-order chi connectivity index (χ1) is 8.26. The van der Waals surface area contributed by atoms with Gasteiger partial charge in [-0.1, -0.05) is 36.4 Å². The van der Waals surface area contributed by atoms with E-state index in [1.165, 1.54) is 0 Å². The number of allylic oxidation sites excluding steroid dienone is 4. The van der Waals surface area contributed by atoms with E-state index < -0.39 is 0 Å². The molecule has 0 aliphatic heterocycles. The summed E-state index contributed by atoms with van der Waals surface area (Å²) < 4.78 is 5.53. The molecule has 0 amide bonds. The maximum atomic E-state index is 12.1. The van der Waals surface area contributed by atoms with Gasteiger partial charge in [0.2, 0.25) is 5.78 Å². The van der Waals surface area contributed by atoms with Gasteiger partial charge < -0.3 is 4.42 Å². The summed E-state index contributed by atoms with van der Waals surface area (Å²) in [5.74, 6) is 0.305. The maximum Gasteiger partial charge on any atom is 0.227 e. The fourth-order valence-corrected chi connectivity index (χ4v) is 1.72. The monoisotopic (exact) mass is 226 g/mol. The molecule has 0 atom stereocenters. The molecule has 0 saturated carbocycles. The van der Waals surface area contributed by atoms with Gasteiger partial charge >= 0.3 is 0 Å². The number of benzene rings is 1. The Kier molecular flexibility index (Phi) is 3.24. The molecule has 0 radical (unpaired) electrons. The number of carbonyl (C=O) groups excluding carboxylic acids is 1. The third-order valence-electron chi connectivity index (χ3n) is 2.57. The van der Waals surface area contributed by atoms with Crippen LogP contribution >= 0.6 is 0 Å². The number of ketones is 1. The predicted octanol–water partition coefficient (Wildman–Crippen LogP) is 4.14. The fourth-order valence-electron chi connectivity index (χ4n) is 1.72. The van der Waals surface area contributed by atoms with Crippen molar-refractivity contribution in [2.24, 2.45) is 0 Å². The van der Waals surface area contributed by atoms with Gasteiger partial charge in [0.25, 0.3) is 0 Å². The molecule has 0 N–H and O–H groups in total. The van der Waals surface area contributed by atoms with Crippen LogP contribution in [0, 0.1) is 0 Å². The van der Waals surface area contributed by atoms with Crippen molar-refractivity contribution >= 4 is 16.8 Å². The minimum Gasteiger partial charge on any atom is -0.453 e. The topological polar surface area (TPSA) is 30.2 Å². The van der Waals surface area contributed by atoms with Gasteiger partial charge in [0.05, 0.1) is 0 Å². The van der Waals surface area contributed by atoms with E-state index in [1.807, 2.05) is 44.2 Å². The van der Waals surface area contributed by atoms with E-state index in [-0.39, 0.29) is 5.78 Å². The quantitative estimate of drug-likeness (QED) is 0.447. The number of rotatable bonds is 3. The zero-order chi connectivity index (χ0) is 12.3. The van der Waals surface area contributed by atoms with E-state index in [4.69, 9.17) is 4.42 Å². The highest BCUT2D eigenvalue weighted by atomic mass is 16.3. The van der Waals surface area contributed by atoms with Crippen molar-refractivity contribution in [3.8, 4) is 0 Å². The molecule has 2 aromatic rings. The Morgan fingerprint density at radius 3 is 2.65 bits per heavy atom. The Morgan fingerprint density at radius 1 is 1.24 bits per heavy atom. The van der Waals surface area contributed by atoms with Gasteiger partial charge in [0, 0.05) is 11.0 Å². The molecule has 2 rings (SSSR count). The average molecular weight is 226 g/mol. The third kappa shape index (κ3) is 2.21. The number of carbonyl (C=O) groups is 1. The number of hydrogen-bond donors (Lipinski definition) is 0. The lowest BCUT2D eigenvalue weighted by atomic mass is 10.1. The van der Waals surface area contributed by atoms with Crippen LogP contribution in [0.3, 0.4) is 0 Å². The van der Waals surface area contributed by atoms with Crippen LogP contribution in [0.4, 0.5) is 0 Å². The summed E-state index contributed by atoms with van der Waals surface area (Å²) in [6.07, 6.45) is 5.42. The smallest absolute Gasteiger partial charge is 0.227 e. The number of furan rings is 1. The van der Waals surface area contributed by atoms with Gasteiger partial charge in [-0.25, -0.2) is 0 Å². The van der Waals surface area contributed by atoms with Crippen molar-refractivity contribution in [2.75, 3.05) is 0 Å². The van der Waals surface area contributed by atoms with E-state index in [0.29, 0.717) is 11.3 Å². The summed E-state index contributed by atoms with van der Waals surface area (Å²) in [6, 6.07) is 9.39. The number of para-hydroxylation sites is 1. The molecule has 86 valence electrons. The molecule has 2 heteroatoms. The molecule has 1 aromatic heterocycles. The summed E-state index contributed by atoms with van der Waals surface area (Å²) >= 11 is 0. The minimum absolute atomic E-state index is 0.0817. The highest BCUT2D eigenvalue weighted by Crippen LogP contribution is 2.21. The van der Waals surface area contributed by atoms with E-state index in [1.54, 1.807) is 18.2 Å². The Bertz CT molecular complexity index is 567. The summed E-state index contributed by atoms with van der Waals surface area (Å²) in [4.78, 5) is 12.1. The Morgan fingerprint density at radius 2 is 2.00 bits per heavy atom. The van der Waals surface area contributed by atoms with Crippen LogP contribution < -0.4 is 0 Å². The molecule has 0 spiro atoms. The van der Waals surface area contributed by atoms with Crippen molar-refractivity contribution in [2.45, 2.75) is 13.8 Å². The molecule has 1 heterocycles. The molecule has 2 nitrogen and oxygen atoms in total. The second-order valence-corrected chi connectivity index (χ2v) is 3.72. The van der Waals surface area contributed by atoms with Gasteiger partial charge in [-0.3, -0.25) is 4.79 Å². The second kappa shape index (κ2) is 4.83. The minimum atomic E-state index is -0.0817. The second-order valence-electron chi connectivity index (χ2n) is 3.72. The Hall–Kier alpha value is -2.09. The molecular weight excluding hydrogens is 212 g/mol. The van der Waals surface area contributed by atoms with Crippen LogP contribution in [0.2, 0.25) is 0 Å². The normalized spacial score (nSPS) is 12.5. The SMILES string of the molecule is C/C=C\C(=C/C)C(=O)c1cc2ccccc2o1. The van der Waals surface area contributed by atoms with Gasteiger partial charge in [-0.05, 0) is 26.0 Å².